The van der Waals surface area contributed by atoms with Crippen molar-refractivity contribution in [3.63, 3.8) is 0 Å². The summed E-state index contributed by atoms with van der Waals surface area (Å²) in [5, 5.41) is 3.33. The lowest BCUT2D eigenvalue weighted by molar-refractivity contribution is 0.580. The van der Waals surface area contributed by atoms with E-state index in [-0.39, 0.29) is 0 Å². The fraction of sp³-hybridized carbons (Fsp3) is 0.286. The van der Waals surface area contributed by atoms with Crippen LogP contribution in [0.25, 0.3) is 11.3 Å². The maximum absolute atomic E-state index is 4.67. The molecule has 0 atom stereocenters. The standard InChI is InChI=1S/C14H15BrN4/c15-12-3-1-2-11(10-12)13-4-5-17-14(18-13)19-8-6-16-7-9-19/h1-5,10,16H,6-9H2. The highest BCUT2D eigenvalue weighted by atomic mass is 79.9. The SMILES string of the molecule is Brc1cccc(-c2ccnc(N3CCNCC3)n2)c1. The number of hydrogen-bond acceptors (Lipinski definition) is 4. The second kappa shape index (κ2) is 5.67. The minimum Gasteiger partial charge on any atom is -0.338 e. The minimum atomic E-state index is 0.818. The van der Waals surface area contributed by atoms with E-state index in [0.717, 1.165) is 47.9 Å². The van der Waals surface area contributed by atoms with Crippen LogP contribution in [0.15, 0.2) is 41.0 Å². The Morgan fingerprint density at radius 1 is 1.16 bits per heavy atom. The number of nitrogens with one attached hydrogen (secondary N) is 1. The molecule has 1 N–H and O–H groups in total. The fourth-order valence-corrected chi connectivity index (χ4v) is 2.57. The van der Waals surface area contributed by atoms with Crippen molar-refractivity contribution in [2.45, 2.75) is 0 Å². The van der Waals surface area contributed by atoms with Crippen molar-refractivity contribution >= 4 is 21.9 Å². The van der Waals surface area contributed by atoms with Crippen molar-refractivity contribution < 1.29 is 0 Å². The van der Waals surface area contributed by atoms with Gasteiger partial charge >= 0.3 is 0 Å². The van der Waals surface area contributed by atoms with Crippen LogP contribution in [-0.4, -0.2) is 36.1 Å². The normalized spacial score (nSPS) is 15.5. The van der Waals surface area contributed by atoms with E-state index in [9.17, 15) is 0 Å². The number of benzene rings is 1. The molecular weight excluding hydrogens is 304 g/mol. The van der Waals surface area contributed by atoms with Crippen LogP contribution >= 0.6 is 15.9 Å². The van der Waals surface area contributed by atoms with E-state index in [1.54, 1.807) is 0 Å². The summed E-state index contributed by atoms with van der Waals surface area (Å²) in [4.78, 5) is 11.3. The monoisotopic (exact) mass is 318 g/mol. The molecule has 0 radical (unpaired) electrons. The first kappa shape index (κ1) is 12.6. The van der Waals surface area contributed by atoms with Gasteiger partial charge in [-0.15, -0.1) is 0 Å². The summed E-state index contributed by atoms with van der Waals surface area (Å²) in [5.41, 5.74) is 2.07. The Balaban J connectivity index is 1.91. The molecule has 2 heterocycles. The number of rotatable bonds is 2. The Bertz CT molecular complexity index is 567. The number of anilines is 1. The molecule has 1 fully saturated rings. The van der Waals surface area contributed by atoms with E-state index in [2.05, 4.69) is 48.2 Å². The van der Waals surface area contributed by atoms with Gasteiger partial charge in [0.15, 0.2) is 0 Å². The first-order chi connectivity index (χ1) is 9.33. The maximum atomic E-state index is 4.67. The Labute approximate surface area is 121 Å². The first-order valence-corrected chi connectivity index (χ1v) is 7.17. The van der Waals surface area contributed by atoms with Crippen molar-refractivity contribution in [1.82, 2.24) is 15.3 Å². The van der Waals surface area contributed by atoms with E-state index >= 15 is 0 Å². The molecule has 1 saturated heterocycles. The van der Waals surface area contributed by atoms with Crippen molar-refractivity contribution in [1.29, 1.82) is 0 Å². The van der Waals surface area contributed by atoms with Gasteiger partial charge in [-0.05, 0) is 18.2 Å². The summed E-state index contributed by atoms with van der Waals surface area (Å²) < 4.78 is 1.06. The zero-order valence-corrected chi connectivity index (χ0v) is 12.1. The van der Waals surface area contributed by atoms with Gasteiger partial charge in [0.25, 0.3) is 0 Å². The van der Waals surface area contributed by atoms with Gasteiger partial charge in [-0.2, -0.15) is 0 Å². The van der Waals surface area contributed by atoms with Crippen LogP contribution in [0.2, 0.25) is 0 Å². The number of piperazine rings is 1. The van der Waals surface area contributed by atoms with E-state index in [0.29, 0.717) is 0 Å². The van der Waals surface area contributed by atoms with Crippen LogP contribution in [0.5, 0.6) is 0 Å². The molecule has 1 aliphatic rings. The molecule has 5 heteroatoms. The fourth-order valence-electron chi connectivity index (χ4n) is 2.17. The van der Waals surface area contributed by atoms with Crippen LogP contribution in [0, 0.1) is 0 Å². The number of halogens is 1. The van der Waals surface area contributed by atoms with Crippen LogP contribution in [0.4, 0.5) is 5.95 Å². The second-order valence-corrected chi connectivity index (χ2v) is 5.40. The molecule has 1 aromatic heterocycles. The molecular formula is C14H15BrN4. The Kier molecular flexibility index (Phi) is 3.75. The van der Waals surface area contributed by atoms with Gasteiger partial charge in [0, 0.05) is 42.4 Å². The van der Waals surface area contributed by atoms with Crippen molar-refractivity contribution in [2.75, 3.05) is 31.1 Å². The molecule has 1 aliphatic heterocycles. The smallest absolute Gasteiger partial charge is 0.225 e. The molecule has 2 aromatic rings. The Morgan fingerprint density at radius 3 is 2.79 bits per heavy atom. The van der Waals surface area contributed by atoms with Crippen LogP contribution in [0.3, 0.4) is 0 Å². The van der Waals surface area contributed by atoms with Crippen molar-refractivity contribution in [2.24, 2.45) is 0 Å². The number of hydrogen-bond donors (Lipinski definition) is 1. The highest BCUT2D eigenvalue weighted by Crippen LogP contribution is 2.22. The third kappa shape index (κ3) is 2.93. The lowest BCUT2D eigenvalue weighted by Crippen LogP contribution is -2.44. The average Bonchev–Trinajstić information content (AvgIpc) is 2.48. The number of nitrogens with zero attached hydrogens (tertiary/aromatic N) is 3. The summed E-state index contributed by atoms with van der Waals surface area (Å²) in [5.74, 6) is 0.818. The van der Waals surface area contributed by atoms with Gasteiger partial charge in [0.05, 0.1) is 5.69 Å². The van der Waals surface area contributed by atoms with E-state index in [1.165, 1.54) is 0 Å². The molecule has 0 bridgehead atoms. The third-order valence-corrected chi connectivity index (χ3v) is 3.66. The van der Waals surface area contributed by atoms with Crippen LogP contribution in [-0.2, 0) is 0 Å². The highest BCUT2D eigenvalue weighted by molar-refractivity contribution is 9.10. The maximum Gasteiger partial charge on any atom is 0.225 e. The molecule has 0 spiro atoms. The van der Waals surface area contributed by atoms with Crippen molar-refractivity contribution in [3.05, 3.63) is 41.0 Å². The predicted octanol–water partition coefficient (Wildman–Crippen LogP) is 2.32. The zero-order chi connectivity index (χ0) is 13.1. The number of aromatic nitrogens is 2. The zero-order valence-electron chi connectivity index (χ0n) is 10.5. The summed E-state index contributed by atoms with van der Waals surface area (Å²) in [6.45, 7) is 3.90. The Morgan fingerprint density at radius 2 is 2.00 bits per heavy atom. The topological polar surface area (TPSA) is 41.1 Å². The molecule has 0 aliphatic carbocycles. The lowest BCUT2D eigenvalue weighted by Gasteiger charge is -2.27. The van der Waals surface area contributed by atoms with Gasteiger partial charge in [0.2, 0.25) is 5.95 Å². The van der Waals surface area contributed by atoms with E-state index in [4.69, 9.17) is 0 Å². The predicted molar refractivity (Wildman–Crippen MR) is 80.3 cm³/mol. The Hall–Kier alpha value is -1.46. The largest absolute Gasteiger partial charge is 0.338 e. The van der Waals surface area contributed by atoms with Gasteiger partial charge < -0.3 is 10.2 Å². The quantitative estimate of drug-likeness (QED) is 0.922. The summed E-state index contributed by atoms with van der Waals surface area (Å²) in [6.07, 6.45) is 1.83. The molecule has 19 heavy (non-hydrogen) atoms. The van der Waals surface area contributed by atoms with Gasteiger partial charge in [-0.1, -0.05) is 28.1 Å². The molecule has 0 amide bonds. The molecule has 4 nitrogen and oxygen atoms in total. The molecule has 3 rings (SSSR count). The van der Waals surface area contributed by atoms with Crippen LogP contribution < -0.4 is 10.2 Å². The summed E-state index contributed by atoms with van der Waals surface area (Å²) >= 11 is 3.49. The first-order valence-electron chi connectivity index (χ1n) is 6.37. The minimum absolute atomic E-state index is 0.818. The second-order valence-electron chi connectivity index (χ2n) is 4.49. The van der Waals surface area contributed by atoms with E-state index in [1.807, 2.05) is 24.4 Å². The van der Waals surface area contributed by atoms with Gasteiger partial charge in [-0.3, -0.25) is 0 Å². The molecule has 98 valence electrons. The third-order valence-electron chi connectivity index (χ3n) is 3.16. The van der Waals surface area contributed by atoms with Gasteiger partial charge in [0.1, 0.15) is 0 Å². The summed E-state index contributed by atoms with van der Waals surface area (Å²) in [6, 6.07) is 10.1. The van der Waals surface area contributed by atoms with Gasteiger partial charge in [-0.25, -0.2) is 9.97 Å². The van der Waals surface area contributed by atoms with Crippen molar-refractivity contribution in [3.8, 4) is 11.3 Å². The average molecular weight is 319 g/mol. The molecule has 1 aromatic carbocycles. The van der Waals surface area contributed by atoms with Crippen LogP contribution in [0.1, 0.15) is 0 Å². The highest BCUT2D eigenvalue weighted by Gasteiger charge is 2.13. The van der Waals surface area contributed by atoms with E-state index < -0.39 is 0 Å². The lowest BCUT2D eigenvalue weighted by atomic mass is 10.1. The molecule has 0 saturated carbocycles. The molecule has 0 unspecified atom stereocenters. The summed E-state index contributed by atoms with van der Waals surface area (Å²) in [7, 11) is 0.